The van der Waals surface area contributed by atoms with Gasteiger partial charge in [-0.2, -0.15) is 0 Å². The molecule has 0 unspecified atom stereocenters. The highest BCUT2D eigenvalue weighted by Crippen LogP contribution is 2.03. The van der Waals surface area contributed by atoms with Gasteiger partial charge in [0.1, 0.15) is 0 Å². The van der Waals surface area contributed by atoms with Crippen molar-refractivity contribution in [2.45, 2.75) is 13.0 Å². The van der Waals surface area contributed by atoms with Crippen LogP contribution in [0.15, 0.2) is 0 Å². The number of nitrogens with zero attached hydrogens (tertiary/aromatic N) is 1. The van der Waals surface area contributed by atoms with Gasteiger partial charge < -0.3 is 10.6 Å². The third kappa shape index (κ3) is 2.19. The Morgan fingerprint density at radius 2 is 2.33 bits per heavy atom. The number of nitrogens with one attached hydrogen (secondary N) is 2. The Morgan fingerprint density at radius 1 is 1.67 bits per heavy atom. The van der Waals surface area contributed by atoms with Crippen molar-refractivity contribution in [2.24, 2.45) is 0 Å². The summed E-state index contributed by atoms with van der Waals surface area (Å²) in [5.41, 5.74) is 0. The van der Waals surface area contributed by atoms with E-state index in [4.69, 9.17) is 0 Å². The Labute approximate surface area is 73.3 Å². The molecule has 0 atom stereocenters. The molecule has 4 heteroatoms. The average Bonchev–Trinajstić information content (AvgIpc) is 1.99. The molecule has 0 aromatic rings. The molecular weight excluding hydrogens is 154 g/mol. The normalized spacial score (nSPS) is 17.6. The fraction of sp³-hybridized carbons (Fsp3) is 0.875. The van der Waals surface area contributed by atoms with Gasteiger partial charge in [-0.15, -0.1) is 0 Å². The summed E-state index contributed by atoms with van der Waals surface area (Å²) in [4.78, 5) is 13.2. The third-order valence-corrected chi connectivity index (χ3v) is 2.31. The van der Waals surface area contributed by atoms with Gasteiger partial charge in [-0.1, -0.05) is 6.92 Å². The highest BCUT2D eigenvalue weighted by molar-refractivity contribution is 5.77. The first-order valence-electron chi connectivity index (χ1n) is 4.43. The van der Waals surface area contributed by atoms with Crippen molar-refractivity contribution in [1.82, 2.24) is 15.5 Å². The van der Waals surface area contributed by atoms with Crippen LogP contribution >= 0.6 is 0 Å². The highest BCUT2D eigenvalue weighted by atomic mass is 16.1. The van der Waals surface area contributed by atoms with Crippen LogP contribution in [0.2, 0.25) is 0 Å². The van der Waals surface area contributed by atoms with Crippen LogP contribution in [0.4, 0.5) is 0 Å². The molecule has 0 radical (unpaired) electrons. The Morgan fingerprint density at radius 3 is 2.67 bits per heavy atom. The van der Waals surface area contributed by atoms with Crippen molar-refractivity contribution < 1.29 is 4.79 Å². The van der Waals surface area contributed by atoms with Gasteiger partial charge in [-0.25, -0.2) is 0 Å². The molecule has 0 aromatic heterocycles. The van der Waals surface area contributed by atoms with E-state index in [2.05, 4.69) is 22.5 Å². The van der Waals surface area contributed by atoms with E-state index in [1.165, 1.54) is 0 Å². The Kier molecular flexibility index (Phi) is 3.49. The van der Waals surface area contributed by atoms with E-state index in [1.807, 2.05) is 0 Å². The molecule has 4 nitrogen and oxygen atoms in total. The zero-order valence-electron chi connectivity index (χ0n) is 7.76. The fourth-order valence-corrected chi connectivity index (χ4v) is 1.29. The SMILES string of the molecule is CCN(CC(=O)NC)C1CNC1. The van der Waals surface area contributed by atoms with E-state index >= 15 is 0 Å². The number of hydrogen-bond acceptors (Lipinski definition) is 3. The molecule has 0 bridgehead atoms. The van der Waals surface area contributed by atoms with E-state index in [1.54, 1.807) is 7.05 Å². The lowest BCUT2D eigenvalue weighted by Crippen LogP contribution is -2.58. The fourth-order valence-electron chi connectivity index (χ4n) is 1.29. The first-order chi connectivity index (χ1) is 5.77. The summed E-state index contributed by atoms with van der Waals surface area (Å²) in [6.45, 7) is 5.59. The number of amides is 1. The molecule has 0 aliphatic carbocycles. The van der Waals surface area contributed by atoms with Gasteiger partial charge in [0.2, 0.25) is 5.91 Å². The molecule has 12 heavy (non-hydrogen) atoms. The molecule has 70 valence electrons. The van der Waals surface area contributed by atoms with Crippen molar-refractivity contribution in [3.63, 3.8) is 0 Å². The molecule has 1 fully saturated rings. The Hall–Kier alpha value is -0.610. The zero-order chi connectivity index (χ0) is 8.97. The molecule has 1 saturated heterocycles. The van der Waals surface area contributed by atoms with Gasteiger partial charge in [-0.05, 0) is 6.54 Å². The average molecular weight is 171 g/mol. The van der Waals surface area contributed by atoms with E-state index < -0.39 is 0 Å². The first-order valence-corrected chi connectivity index (χ1v) is 4.43. The monoisotopic (exact) mass is 171 g/mol. The summed E-state index contributed by atoms with van der Waals surface area (Å²) in [5, 5.41) is 5.83. The van der Waals surface area contributed by atoms with E-state index in [0.717, 1.165) is 19.6 Å². The maximum absolute atomic E-state index is 11.1. The van der Waals surface area contributed by atoms with Gasteiger partial charge in [0, 0.05) is 26.2 Å². The van der Waals surface area contributed by atoms with Crippen molar-refractivity contribution in [3.05, 3.63) is 0 Å². The van der Waals surface area contributed by atoms with Crippen molar-refractivity contribution >= 4 is 5.91 Å². The molecule has 0 saturated carbocycles. The van der Waals surface area contributed by atoms with Crippen LogP contribution in [0.25, 0.3) is 0 Å². The molecule has 1 rings (SSSR count). The van der Waals surface area contributed by atoms with Crippen LogP contribution in [0, 0.1) is 0 Å². The maximum atomic E-state index is 11.1. The summed E-state index contributed by atoms with van der Waals surface area (Å²) in [6.07, 6.45) is 0. The van der Waals surface area contributed by atoms with Crippen molar-refractivity contribution in [2.75, 3.05) is 33.2 Å². The minimum absolute atomic E-state index is 0.101. The Bertz CT molecular complexity index is 156. The van der Waals surface area contributed by atoms with Gasteiger partial charge in [0.15, 0.2) is 0 Å². The van der Waals surface area contributed by atoms with Gasteiger partial charge in [0.05, 0.1) is 6.54 Å². The van der Waals surface area contributed by atoms with Crippen LogP contribution in [0.5, 0.6) is 0 Å². The second-order valence-electron chi connectivity index (χ2n) is 3.05. The van der Waals surface area contributed by atoms with Gasteiger partial charge >= 0.3 is 0 Å². The summed E-state index contributed by atoms with van der Waals surface area (Å²) in [7, 11) is 1.68. The van der Waals surface area contributed by atoms with E-state index in [9.17, 15) is 4.79 Å². The number of likely N-dealkylation sites (N-methyl/N-ethyl adjacent to an activating group) is 2. The third-order valence-electron chi connectivity index (χ3n) is 2.31. The number of carbonyl (C=O) groups excluding carboxylic acids is 1. The van der Waals surface area contributed by atoms with Crippen LogP contribution in [-0.2, 0) is 4.79 Å². The maximum Gasteiger partial charge on any atom is 0.233 e. The lowest BCUT2D eigenvalue weighted by Gasteiger charge is -2.37. The van der Waals surface area contributed by atoms with E-state index in [0.29, 0.717) is 12.6 Å². The van der Waals surface area contributed by atoms with Crippen LogP contribution in [0.1, 0.15) is 6.92 Å². The highest BCUT2D eigenvalue weighted by Gasteiger charge is 2.24. The lowest BCUT2D eigenvalue weighted by molar-refractivity contribution is -0.122. The summed E-state index contributed by atoms with van der Waals surface area (Å²) in [6, 6.07) is 0.562. The predicted octanol–water partition coefficient (Wildman–Crippen LogP) is -0.974. The minimum atomic E-state index is 0.101. The Balaban J connectivity index is 2.29. The summed E-state index contributed by atoms with van der Waals surface area (Å²) < 4.78 is 0. The molecule has 0 spiro atoms. The van der Waals surface area contributed by atoms with Crippen LogP contribution in [-0.4, -0.2) is 50.1 Å². The second-order valence-corrected chi connectivity index (χ2v) is 3.05. The molecular formula is C8H17N3O. The smallest absolute Gasteiger partial charge is 0.233 e. The standard InChI is InChI=1S/C8H17N3O/c1-3-11(6-8(12)9-2)7-4-10-5-7/h7,10H,3-6H2,1-2H3,(H,9,12). The second kappa shape index (κ2) is 4.42. The molecule has 1 heterocycles. The van der Waals surface area contributed by atoms with Crippen molar-refractivity contribution in [3.8, 4) is 0 Å². The number of carbonyl (C=O) groups is 1. The quantitative estimate of drug-likeness (QED) is 0.572. The lowest BCUT2D eigenvalue weighted by atomic mass is 10.1. The minimum Gasteiger partial charge on any atom is -0.358 e. The molecule has 0 aromatic carbocycles. The number of rotatable bonds is 4. The molecule has 1 aliphatic heterocycles. The van der Waals surface area contributed by atoms with Crippen molar-refractivity contribution in [1.29, 1.82) is 0 Å². The predicted molar refractivity (Wildman–Crippen MR) is 48.0 cm³/mol. The van der Waals surface area contributed by atoms with E-state index in [-0.39, 0.29) is 5.91 Å². The first kappa shape index (κ1) is 9.48. The topological polar surface area (TPSA) is 44.4 Å². The largest absolute Gasteiger partial charge is 0.358 e. The number of hydrogen-bond donors (Lipinski definition) is 2. The summed E-state index contributed by atoms with van der Waals surface area (Å²) in [5.74, 6) is 0.101. The summed E-state index contributed by atoms with van der Waals surface area (Å²) >= 11 is 0. The van der Waals surface area contributed by atoms with Gasteiger partial charge in [0.25, 0.3) is 0 Å². The van der Waals surface area contributed by atoms with Crippen LogP contribution < -0.4 is 10.6 Å². The molecule has 2 N–H and O–H groups in total. The molecule has 1 amide bonds. The van der Waals surface area contributed by atoms with Gasteiger partial charge in [-0.3, -0.25) is 9.69 Å². The molecule has 1 aliphatic rings. The zero-order valence-corrected chi connectivity index (χ0v) is 7.76. The van der Waals surface area contributed by atoms with Crippen LogP contribution in [0.3, 0.4) is 0 Å².